The van der Waals surface area contributed by atoms with E-state index in [-0.39, 0.29) is 6.04 Å². The van der Waals surface area contributed by atoms with Gasteiger partial charge in [-0.25, -0.2) is 0 Å². The molecule has 0 amide bonds. The number of hydrogen-bond donors (Lipinski definition) is 0. The first kappa shape index (κ1) is 14.5. The summed E-state index contributed by atoms with van der Waals surface area (Å²) in [6.07, 6.45) is 1.42. The Labute approximate surface area is 113 Å². The summed E-state index contributed by atoms with van der Waals surface area (Å²) in [5, 5.41) is 0. The molecule has 0 N–H and O–H groups in total. The van der Waals surface area contributed by atoms with Crippen LogP contribution in [0.25, 0.3) is 0 Å². The molecule has 0 fully saturated rings. The molecule has 0 bridgehead atoms. The smallest absolute Gasteiger partial charge is 0.121 e. The fourth-order valence-corrected chi connectivity index (χ4v) is 2.34. The lowest BCUT2D eigenvalue weighted by atomic mass is 10.0. The molecule has 1 unspecified atom stereocenters. The normalized spacial score (nSPS) is 12.6. The van der Waals surface area contributed by atoms with Crippen molar-refractivity contribution in [1.29, 1.82) is 0 Å². The Hall–Kier alpha value is -0.570. The topological polar surface area (TPSA) is 20.3 Å². The molecule has 0 aromatic heterocycles. The monoisotopic (exact) mass is 273 g/mol. The Bertz CT molecular complexity index is 312. The Morgan fingerprint density at radius 3 is 2.18 bits per heavy atom. The summed E-state index contributed by atoms with van der Waals surface area (Å²) < 4.78 is 0. The lowest BCUT2D eigenvalue weighted by molar-refractivity contribution is -0.109. The standard InChI is InChI=1S/C13H17Cl2NO/c14-7-9-16(10-8-15)13(6-11-17)12-4-2-1-3-5-12/h1-5,11,13H,6-10H2. The highest BCUT2D eigenvalue weighted by atomic mass is 35.5. The Morgan fingerprint density at radius 2 is 1.71 bits per heavy atom. The minimum Gasteiger partial charge on any atom is -0.303 e. The highest BCUT2D eigenvalue weighted by Crippen LogP contribution is 2.23. The second kappa shape index (κ2) is 8.51. The van der Waals surface area contributed by atoms with E-state index in [1.165, 1.54) is 0 Å². The Morgan fingerprint density at radius 1 is 1.12 bits per heavy atom. The first-order valence-corrected chi connectivity index (χ1v) is 6.75. The van der Waals surface area contributed by atoms with Gasteiger partial charge in [-0.1, -0.05) is 30.3 Å². The fraction of sp³-hybridized carbons (Fsp3) is 0.462. The molecule has 1 rings (SSSR count). The van der Waals surface area contributed by atoms with E-state index in [2.05, 4.69) is 4.90 Å². The average molecular weight is 274 g/mol. The van der Waals surface area contributed by atoms with Crippen LogP contribution in [-0.2, 0) is 4.79 Å². The third-order valence-corrected chi connectivity index (χ3v) is 3.03. The molecule has 0 radical (unpaired) electrons. The molecule has 1 aromatic rings. The number of alkyl halides is 2. The quantitative estimate of drug-likeness (QED) is 0.536. The molecule has 2 nitrogen and oxygen atoms in total. The lowest BCUT2D eigenvalue weighted by Gasteiger charge is -2.29. The third kappa shape index (κ3) is 4.66. The molecule has 4 heteroatoms. The van der Waals surface area contributed by atoms with Crippen LogP contribution in [0.1, 0.15) is 18.0 Å². The number of halogens is 2. The van der Waals surface area contributed by atoms with Gasteiger partial charge >= 0.3 is 0 Å². The number of carbonyl (C=O) groups excluding carboxylic acids is 1. The molecule has 0 saturated carbocycles. The molecule has 0 saturated heterocycles. The fourth-order valence-electron chi connectivity index (χ4n) is 1.90. The molecular formula is C13H17Cl2NO. The van der Waals surface area contributed by atoms with Crippen molar-refractivity contribution in [3.8, 4) is 0 Å². The maximum atomic E-state index is 10.8. The number of carbonyl (C=O) groups is 1. The van der Waals surface area contributed by atoms with E-state index in [1.807, 2.05) is 30.3 Å². The van der Waals surface area contributed by atoms with Crippen molar-refractivity contribution >= 4 is 29.5 Å². The predicted octanol–water partition coefficient (Wildman–Crippen LogP) is 3.10. The molecule has 0 aliphatic heterocycles. The molecule has 1 atom stereocenters. The van der Waals surface area contributed by atoms with Crippen molar-refractivity contribution in [2.75, 3.05) is 24.8 Å². The first-order chi connectivity index (χ1) is 8.33. The molecular weight excluding hydrogens is 257 g/mol. The Balaban J connectivity index is 2.85. The molecule has 0 aliphatic carbocycles. The first-order valence-electron chi connectivity index (χ1n) is 5.68. The van der Waals surface area contributed by atoms with Gasteiger partial charge in [-0.05, 0) is 5.56 Å². The van der Waals surface area contributed by atoms with E-state index in [0.29, 0.717) is 18.2 Å². The molecule has 17 heavy (non-hydrogen) atoms. The molecule has 0 heterocycles. The van der Waals surface area contributed by atoms with Crippen LogP contribution < -0.4 is 0 Å². The van der Waals surface area contributed by atoms with Crippen LogP contribution in [0.2, 0.25) is 0 Å². The van der Waals surface area contributed by atoms with E-state index in [9.17, 15) is 4.79 Å². The molecule has 0 spiro atoms. The van der Waals surface area contributed by atoms with Gasteiger partial charge in [0, 0.05) is 37.3 Å². The maximum Gasteiger partial charge on any atom is 0.121 e. The van der Waals surface area contributed by atoms with Gasteiger partial charge in [-0.15, -0.1) is 23.2 Å². The number of benzene rings is 1. The van der Waals surface area contributed by atoms with Gasteiger partial charge in [0.25, 0.3) is 0 Å². The zero-order chi connectivity index (χ0) is 12.5. The van der Waals surface area contributed by atoms with Crippen LogP contribution in [-0.4, -0.2) is 36.0 Å². The van der Waals surface area contributed by atoms with E-state index < -0.39 is 0 Å². The Kier molecular flexibility index (Phi) is 7.25. The minimum atomic E-state index is 0.0752. The maximum absolute atomic E-state index is 10.8. The number of hydrogen-bond acceptors (Lipinski definition) is 2. The summed E-state index contributed by atoms with van der Waals surface area (Å²) in [5.74, 6) is 1.08. The summed E-state index contributed by atoms with van der Waals surface area (Å²) in [6, 6.07) is 10.1. The van der Waals surface area contributed by atoms with Gasteiger partial charge in [0.2, 0.25) is 0 Å². The number of rotatable bonds is 8. The summed E-state index contributed by atoms with van der Waals surface area (Å²) in [4.78, 5) is 13.0. The van der Waals surface area contributed by atoms with E-state index in [0.717, 1.165) is 24.9 Å². The van der Waals surface area contributed by atoms with E-state index in [1.54, 1.807) is 0 Å². The summed E-state index contributed by atoms with van der Waals surface area (Å²) in [5.41, 5.74) is 1.13. The second-order valence-corrected chi connectivity index (χ2v) is 4.50. The molecule has 94 valence electrons. The zero-order valence-electron chi connectivity index (χ0n) is 9.69. The lowest BCUT2D eigenvalue weighted by Crippen LogP contribution is -2.32. The van der Waals surface area contributed by atoms with Crippen LogP contribution in [0.4, 0.5) is 0 Å². The van der Waals surface area contributed by atoms with Crippen molar-refractivity contribution in [3.63, 3.8) is 0 Å². The van der Waals surface area contributed by atoms with E-state index >= 15 is 0 Å². The minimum absolute atomic E-state index is 0.0752. The largest absolute Gasteiger partial charge is 0.303 e. The van der Waals surface area contributed by atoms with Gasteiger partial charge in [-0.2, -0.15) is 0 Å². The second-order valence-electron chi connectivity index (χ2n) is 3.74. The van der Waals surface area contributed by atoms with Gasteiger partial charge in [-0.3, -0.25) is 4.90 Å². The zero-order valence-corrected chi connectivity index (χ0v) is 11.2. The molecule has 0 aliphatic rings. The van der Waals surface area contributed by atoms with Crippen molar-refractivity contribution in [2.45, 2.75) is 12.5 Å². The van der Waals surface area contributed by atoms with Gasteiger partial charge in [0.1, 0.15) is 6.29 Å². The average Bonchev–Trinajstić information content (AvgIpc) is 2.37. The van der Waals surface area contributed by atoms with Crippen LogP contribution in [0.3, 0.4) is 0 Å². The summed E-state index contributed by atoms with van der Waals surface area (Å²) in [7, 11) is 0. The number of nitrogens with zero attached hydrogens (tertiary/aromatic N) is 1. The van der Waals surface area contributed by atoms with Gasteiger partial charge < -0.3 is 4.79 Å². The van der Waals surface area contributed by atoms with Gasteiger partial charge in [0.05, 0.1) is 0 Å². The van der Waals surface area contributed by atoms with Crippen LogP contribution in [0.5, 0.6) is 0 Å². The van der Waals surface area contributed by atoms with Crippen molar-refractivity contribution < 1.29 is 4.79 Å². The summed E-state index contributed by atoms with van der Waals surface area (Å²) >= 11 is 11.6. The highest BCUT2D eigenvalue weighted by Gasteiger charge is 2.18. The SMILES string of the molecule is O=CCC(c1ccccc1)N(CCCl)CCCl. The third-order valence-electron chi connectivity index (χ3n) is 2.69. The van der Waals surface area contributed by atoms with Crippen molar-refractivity contribution in [3.05, 3.63) is 35.9 Å². The van der Waals surface area contributed by atoms with E-state index in [4.69, 9.17) is 23.2 Å². The molecule has 1 aromatic carbocycles. The van der Waals surface area contributed by atoms with Crippen LogP contribution >= 0.6 is 23.2 Å². The van der Waals surface area contributed by atoms with Crippen molar-refractivity contribution in [1.82, 2.24) is 4.90 Å². The summed E-state index contributed by atoms with van der Waals surface area (Å²) in [6.45, 7) is 1.48. The van der Waals surface area contributed by atoms with Gasteiger partial charge in [0.15, 0.2) is 0 Å². The van der Waals surface area contributed by atoms with Crippen LogP contribution in [0.15, 0.2) is 30.3 Å². The highest BCUT2D eigenvalue weighted by molar-refractivity contribution is 6.18. The van der Waals surface area contributed by atoms with Crippen LogP contribution in [0, 0.1) is 0 Å². The number of aldehydes is 1. The van der Waals surface area contributed by atoms with Crippen molar-refractivity contribution in [2.24, 2.45) is 0 Å². The predicted molar refractivity (Wildman–Crippen MR) is 72.9 cm³/mol.